The van der Waals surface area contributed by atoms with E-state index in [1.54, 1.807) is 0 Å². The van der Waals surface area contributed by atoms with Crippen LogP contribution in [-0.4, -0.2) is 49.7 Å². The van der Waals surface area contributed by atoms with E-state index in [2.05, 4.69) is 43.2 Å². The van der Waals surface area contributed by atoms with E-state index >= 15 is 0 Å². The zero-order valence-electron chi connectivity index (χ0n) is 14.7. The molecule has 0 bridgehead atoms. The van der Waals surface area contributed by atoms with Gasteiger partial charge in [0.25, 0.3) is 0 Å². The minimum Gasteiger partial charge on any atom is -0.312 e. The van der Waals surface area contributed by atoms with Crippen LogP contribution in [0.4, 0.5) is 0 Å². The van der Waals surface area contributed by atoms with E-state index in [1.807, 2.05) is 0 Å². The molecule has 2 heterocycles. The first kappa shape index (κ1) is 17.2. The van der Waals surface area contributed by atoms with Crippen molar-refractivity contribution in [3.63, 3.8) is 0 Å². The normalized spacial score (nSPS) is 32.0. The van der Waals surface area contributed by atoms with Gasteiger partial charge in [-0.2, -0.15) is 0 Å². The van der Waals surface area contributed by atoms with Crippen LogP contribution in [0.25, 0.3) is 0 Å². The summed E-state index contributed by atoms with van der Waals surface area (Å²) in [4.78, 5) is 2.68. The van der Waals surface area contributed by atoms with Crippen LogP contribution in [-0.2, 0) is 0 Å². The van der Waals surface area contributed by atoms with Crippen LogP contribution < -0.4 is 10.6 Å². The predicted molar refractivity (Wildman–Crippen MR) is 91.7 cm³/mol. The molecule has 3 unspecified atom stereocenters. The lowest BCUT2D eigenvalue weighted by Gasteiger charge is -2.42. The van der Waals surface area contributed by atoms with Crippen LogP contribution >= 0.6 is 0 Å². The Labute approximate surface area is 132 Å². The molecule has 21 heavy (non-hydrogen) atoms. The molecule has 124 valence electrons. The summed E-state index contributed by atoms with van der Waals surface area (Å²) in [6, 6.07) is 1.34. The third kappa shape index (κ3) is 5.88. The molecule has 0 aromatic carbocycles. The highest BCUT2D eigenvalue weighted by Gasteiger charge is 2.31. The first-order valence-corrected chi connectivity index (χ1v) is 9.23. The number of hydrogen-bond donors (Lipinski definition) is 2. The highest BCUT2D eigenvalue weighted by Crippen LogP contribution is 2.25. The number of nitrogens with one attached hydrogen (secondary N) is 2. The Hall–Kier alpha value is -0.120. The van der Waals surface area contributed by atoms with Crippen LogP contribution in [0.3, 0.4) is 0 Å². The molecule has 2 N–H and O–H groups in total. The monoisotopic (exact) mass is 295 g/mol. The van der Waals surface area contributed by atoms with E-state index in [0.717, 1.165) is 24.3 Å². The molecular formula is C18H37N3. The zero-order valence-corrected chi connectivity index (χ0v) is 14.7. The molecule has 3 atom stereocenters. The molecule has 0 aliphatic carbocycles. The van der Waals surface area contributed by atoms with Crippen molar-refractivity contribution in [1.82, 2.24) is 15.5 Å². The number of hydrogen-bond acceptors (Lipinski definition) is 3. The molecule has 0 aromatic rings. The summed E-state index contributed by atoms with van der Waals surface area (Å²) >= 11 is 0. The molecule has 3 nitrogen and oxygen atoms in total. The molecule has 0 amide bonds. The van der Waals surface area contributed by atoms with Crippen LogP contribution in [0.2, 0.25) is 0 Å². The smallest absolute Gasteiger partial charge is 0.0349 e. The standard InChI is InChI=1S/C18H37N3/c1-14(2)6-9-21-10-8-20-18(13-21)17-12-16(5-7-19-17)11-15(3)4/h14-20H,5-13H2,1-4H3. The Morgan fingerprint density at radius 2 is 1.76 bits per heavy atom. The highest BCUT2D eigenvalue weighted by atomic mass is 15.2. The fourth-order valence-corrected chi connectivity index (χ4v) is 3.98. The van der Waals surface area contributed by atoms with Crippen molar-refractivity contribution in [2.75, 3.05) is 32.7 Å². The van der Waals surface area contributed by atoms with Gasteiger partial charge < -0.3 is 15.5 Å². The van der Waals surface area contributed by atoms with Gasteiger partial charge >= 0.3 is 0 Å². The van der Waals surface area contributed by atoms with Gasteiger partial charge in [0, 0.05) is 31.7 Å². The van der Waals surface area contributed by atoms with Gasteiger partial charge in [0.2, 0.25) is 0 Å². The second-order valence-electron chi connectivity index (χ2n) is 8.12. The van der Waals surface area contributed by atoms with Crippen molar-refractivity contribution in [3.8, 4) is 0 Å². The van der Waals surface area contributed by atoms with Gasteiger partial charge in [-0.05, 0) is 56.5 Å². The summed E-state index contributed by atoms with van der Waals surface area (Å²) in [6.07, 6.45) is 5.48. The predicted octanol–water partition coefficient (Wildman–Crippen LogP) is 2.72. The minimum atomic E-state index is 0.654. The lowest BCUT2D eigenvalue weighted by molar-refractivity contribution is 0.143. The first-order chi connectivity index (χ1) is 10.0. The third-order valence-electron chi connectivity index (χ3n) is 5.15. The summed E-state index contributed by atoms with van der Waals surface area (Å²) in [7, 11) is 0. The van der Waals surface area contributed by atoms with Crippen molar-refractivity contribution in [2.24, 2.45) is 17.8 Å². The quantitative estimate of drug-likeness (QED) is 0.789. The maximum Gasteiger partial charge on any atom is 0.0349 e. The van der Waals surface area contributed by atoms with Crippen molar-refractivity contribution < 1.29 is 0 Å². The molecule has 0 radical (unpaired) electrons. The largest absolute Gasteiger partial charge is 0.312 e. The van der Waals surface area contributed by atoms with Gasteiger partial charge in [0.1, 0.15) is 0 Å². The van der Waals surface area contributed by atoms with Gasteiger partial charge in [0.15, 0.2) is 0 Å². The molecule has 3 heteroatoms. The summed E-state index contributed by atoms with van der Waals surface area (Å²) in [5.74, 6) is 2.60. The number of piperidine rings is 1. The lowest BCUT2D eigenvalue weighted by Crippen LogP contribution is -2.60. The average molecular weight is 296 g/mol. The molecule has 0 aromatic heterocycles. The van der Waals surface area contributed by atoms with Gasteiger partial charge in [-0.15, -0.1) is 0 Å². The molecule has 2 rings (SSSR count). The van der Waals surface area contributed by atoms with Crippen molar-refractivity contribution >= 4 is 0 Å². The second-order valence-corrected chi connectivity index (χ2v) is 8.12. The molecule has 0 saturated carbocycles. The Bertz CT molecular complexity index is 290. The van der Waals surface area contributed by atoms with Crippen molar-refractivity contribution in [2.45, 2.75) is 65.5 Å². The van der Waals surface area contributed by atoms with Crippen LogP contribution in [0.1, 0.15) is 53.4 Å². The fourth-order valence-electron chi connectivity index (χ4n) is 3.98. The van der Waals surface area contributed by atoms with Gasteiger partial charge in [-0.25, -0.2) is 0 Å². The maximum absolute atomic E-state index is 3.79. The molecule has 2 saturated heterocycles. The van der Waals surface area contributed by atoms with Gasteiger partial charge in [0.05, 0.1) is 0 Å². The summed E-state index contributed by atoms with van der Waals surface area (Å²) in [5.41, 5.74) is 0. The third-order valence-corrected chi connectivity index (χ3v) is 5.15. The SMILES string of the molecule is CC(C)CCN1CCNC(C2CC(CC(C)C)CCN2)C1. The zero-order chi connectivity index (χ0) is 15.2. The Balaban J connectivity index is 1.79. The second kappa shape index (κ2) is 8.50. The number of piperazine rings is 1. The van der Waals surface area contributed by atoms with Gasteiger partial charge in [-0.3, -0.25) is 0 Å². The topological polar surface area (TPSA) is 27.3 Å². The van der Waals surface area contributed by atoms with E-state index in [9.17, 15) is 0 Å². The Morgan fingerprint density at radius 3 is 2.48 bits per heavy atom. The van der Waals surface area contributed by atoms with Crippen LogP contribution in [0, 0.1) is 17.8 Å². The Kier molecular flexibility index (Phi) is 6.97. The minimum absolute atomic E-state index is 0.654. The molecule has 2 fully saturated rings. The van der Waals surface area contributed by atoms with Crippen molar-refractivity contribution in [3.05, 3.63) is 0 Å². The molecule has 0 spiro atoms. The first-order valence-electron chi connectivity index (χ1n) is 9.23. The lowest BCUT2D eigenvalue weighted by atomic mass is 9.83. The fraction of sp³-hybridized carbons (Fsp3) is 1.00. The average Bonchev–Trinajstić information content (AvgIpc) is 2.45. The molecule has 2 aliphatic heterocycles. The van der Waals surface area contributed by atoms with E-state index in [0.29, 0.717) is 12.1 Å². The number of nitrogens with zero attached hydrogens (tertiary/aromatic N) is 1. The Morgan fingerprint density at radius 1 is 1.00 bits per heavy atom. The summed E-state index contributed by atoms with van der Waals surface area (Å²) in [6.45, 7) is 15.5. The van der Waals surface area contributed by atoms with Crippen LogP contribution in [0.15, 0.2) is 0 Å². The van der Waals surface area contributed by atoms with E-state index in [-0.39, 0.29) is 0 Å². The van der Waals surface area contributed by atoms with E-state index in [1.165, 1.54) is 51.9 Å². The summed E-state index contributed by atoms with van der Waals surface area (Å²) < 4.78 is 0. The summed E-state index contributed by atoms with van der Waals surface area (Å²) in [5, 5.41) is 7.56. The van der Waals surface area contributed by atoms with Crippen LogP contribution in [0.5, 0.6) is 0 Å². The highest BCUT2D eigenvalue weighted by molar-refractivity contribution is 4.92. The number of rotatable bonds is 6. The molecule has 2 aliphatic rings. The molecular weight excluding hydrogens is 258 g/mol. The van der Waals surface area contributed by atoms with E-state index in [4.69, 9.17) is 0 Å². The maximum atomic E-state index is 3.79. The van der Waals surface area contributed by atoms with Crippen molar-refractivity contribution in [1.29, 1.82) is 0 Å². The van der Waals surface area contributed by atoms with E-state index < -0.39 is 0 Å². The van der Waals surface area contributed by atoms with Gasteiger partial charge in [-0.1, -0.05) is 27.7 Å².